The summed E-state index contributed by atoms with van der Waals surface area (Å²) >= 11 is 0. The first-order valence-electron chi connectivity index (χ1n) is 12.1. The quantitative estimate of drug-likeness (QED) is 0.423. The molecule has 2 rings (SSSR count). The second-order valence-electron chi connectivity index (χ2n) is 9.06. The lowest BCUT2D eigenvalue weighted by Gasteiger charge is -2.38. The van der Waals surface area contributed by atoms with Crippen LogP contribution in [0.3, 0.4) is 0 Å². The molecule has 0 spiro atoms. The van der Waals surface area contributed by atoms with Crippen LogP contribution >= 0.6 is 0 Å². The summed E-state index contributed by atoms with van der Waals surface area (Å²) in [5, 5.41) is 0. The molecule has 0 aromatic carbocycles. The number of nitrogen functional groups attached to an aromatic ring is 1. The zero-order chi connectivity index (χ0) is 24.2. The molecule has 184 valence electrons. The first kappa shape index (κ1) is 27.2. The van der Waals surface area contributed by atoms with Crippen LogP contribution in [-0.4, -0.2) is 50.7 Å². The van der Waals surface area contributed by atoms with Crippen LogP contribution < -0.4 is 11.4 Å². The number of rotatable bonds is 12. The zero-order valence-corrected chi connectivity index (χ0v) is 22.8. The Kier molecular flexibility index (Phi) is 9.25. The van der Waals surface area contributed by atoms with E-state index >= 15 is 4.39 Å². The maximum Gasteiger partial charge on any atom is 0.351 e. The van der Waals surface area contributed by atoms with Gasteiger partial charge in [0.25, 0.3) is 0 Å². The van der Waals surface area contributed by atoms with Crippen molar-refractivity contribution in [1.29, 1.82) is 0 Å². The van der Waals surface area contributed by atoms with Gasteiger partial charge in [-0.05, 0) is 49.3 Å². The van der Waals surface area contributed by atoms with Crippen molar-refractivity contribution in [3.8, 4) is 0 Å². The van der Waals surface area contributed by atoms with Gasteiger partial charge in [0.1, 0.15) is 18.0 Å². The van der Waals surface area contributed by atoms with Crippen LogP contribution in [0.4, 0.5) is 10.2 Å². The molecule has 1 fully saturated rings. The fraction of sp³-hybridized carbons (Fsp3) is 0.818. The van der Waals surface area contributed by atoms with E-state index < -0.39 is 46.4 Å². The molecule has 2 N–H and O–H groups in total. The third kappa shape index (κ3) is 5.35. The minimum absolute atomic E-state index is 0.0940. The van der Waals surface area contributed by atoms with Crippen molar-refractivity contribution in [2.75, 3.05) is 12.3 Å². The Hall–Kier alpha value is -1.08. The molecule has 1 aromatic rings. The predicted molar refractivity (Wildman–Crippen MR) is 132 cm³/mol. The Morgan fingerprint density at radius 1 is 1.09 bits per heavy atom. The highest BCUT2D eigenvalue weighted by Crippen LogP contribution is 2.45. The molecule has 2 heterocycles. The third-order valence-corrected chi connectivity index (χ3v) is 16.8. The Morgan fingerprint density at radius 3 is 2.09 bits per heavy atom. The van der Waals surface area contributed by atoms with E-state index in [4.69, 9.17) is 19.3 Å². The summed E-state index contributed by atoms with van der Waals surface area (Å²) in [6, 6.07) is 7.14. The molecule has 1 aromatic heterocycles. The SMILES string of the molecule is CC[Si](CC)(CC)OC[C@H]1O[C@@H](n2ccc(N)nc2=O)[C@@](C)(F)C1O[Si](CC)(CC)CC. The van der Waals surface area contributed by atoms with Crippen LogP contribution in [0.2, 0.25) is 36.3 Å². The Labute approximate surface area is 194 Å². The highest BCUT2D eigenvalue weighted by Gasteiger charge is 2.58. The summed E-state index contributed by atoms with van der Waals surface area (Å²) < 4.78 is 37.0. The number of ether oxygens (including phenoxy) is 1. The van der Waals surface area contributed by atoms with Crippen molar-refractivity contribution in [3.63, 3.8) is 0 Å². The molecule has 4 atom stereocenters. The van der Waals surface area contributed by atoms with E-state index in [9.17, 15) is 4.79 Å². The van der Waals surface area contributed by atoms with E-state index in [2.05, 4.69) is 46.5 Å². The average molecular weight is 488 g/mol. The fourth-order valence-electron chi connectivity index (χ4n) is 4.72. The molecule has 32 heavy (non-hydrogen) atoms. The summed E-state index contributed by atoms with van der Waals surface area (Å²) in [6.45, 7) is 14.6. The van der Waals surface area contributed by atoms with Crippen LogP contribution in [-0.2, 0) is 13.6 Å². The number of anilines is 1. The van der Waals surface area contributed by atoms with Gasteiger partial charge < -0.3 is 19.3 Å². The van der Waals surface area contributed by atoms with Gasteiger partial charge in [-0.15, -0.1) is 0 Å². The number of hydrogen-bond donors (Lipinski definition) is 1. The normalized spacial score (nSPS) is 26.6. The summed E-state index contributed by atoms with van der Waals surface area (Å²) in [5.41, 5.74) is 3.07. The molecular weight excluding hydrogens is 445 g/mol. The summed E-state index contributed by atoms with van der Waals surface area (Å²) in [6.07, 6.45) is -1.13. The molecule has 10 heteroatoms. The zero-order valence-electron chi connectivity index (χ0n) is 20.8. The van der Waals surface area contributed by atoms with Crippen molar-refractivity contribution in [2.24, 2.45) is 0 Å². The highest BCUT2D eigenvalue weighted by molar-refractivity contribution is 6.74. The predicted octanol–water partition coefficient (Wildman–Crippen LogP) is 4.86. The number of nitrogens with zero attached hydrogens (tertiary/aromatic N) is 2. The van der Waals surface area contributed by atoms with Gasteiger partial charge in [0.2, 0.25) is 0 Å². The smallest absolute Gasteiger partial charge is 0.351 e. The molecule has 1 aliphatic heterocycles. The maximum atomic E-state index is 16.5. The van der Waals surface area contributed by atoms with Crippen molar-refractivity contribution >= 4 is 22.5 Å². The van der Waals surface area contributed by atoms with Gasteiger partial charge in [-0.3, -0.25) is 4.57 Å². The summed E-state index contributed by atoms with van der Waals surface area (Å²) in [5.74, 6) is 0.0940. The van der Waals surface area contributed by atoms with E-state index in [0.29, 0.717) is 0 Å². The van der Waals surface area contributed by atoms with Crippen molar-refractivity contribution in [3.05, 3.63) is 22.7 Å². The largest absolute Gasteiger partial charge is 0.414 e. The van der Waals surface area contributed by atoms with Gasteiger partial charge in [0.05, 0.1) is 6.61 Å². The maximum absolute atomic E-state index is 16.5. The van der Waals surface area contributed by atoms with Gasteiger partial charge in [0, 0.05) is 6.20 Å². The van der Waals surface area contributed by atoms with Gasteiger partial charge in [-0.25, -0.2) is 9.18 Å². The van der Waals surface area contributed by atoms with Crippen LogP contribution in [0.5, 0.6) is 0 Å². The molecule has 1 saturated heterocycles. The minimum atomic E-state index is -2.15. The first-order valence-corrected chi connectivity index (χ1v) is 17.1. The molecular formula is C22H42FN3O4Si2. The topological polar surface area (TPSA) is 88.6 Å². The lowest BCUT2D eigenvalue weighted by molar-refractivity contribution is -0.0594. The Bertz CT molecular complexity index is 783. The van der Waals surface area contributed by atoms with E-state index in [1.165, 1.54) is 23.8 Å². The van der Waals surface area contributed by atoms with E-state index in [1.54, 1.807) is 0 Å². The molecule has 1 unspecified atom stereocenters. The second kappa shape index (κ2) is 10.9. The van der Waals surface area contributed by atoms with E-state index in [0.717, 1.165) is 36.3 Å². The lowest BCUT2D eigenvalue weighted by atomic mass is 9.98. The molecule has 0 bridgehead atoms. The van der Waals surface area contributed by atoms with E-state index in [1.807, 2.05) is 0 Å². The van der Waals surface area contributed by atoms with Gasteiger partial charge >= 0.3 is 5.69 Å². The number of halogens is 1. The molecule has 0 aliphatic carbocycles. The van der Waals surface area contributed by atoms with Crippen molar-refractivity contribution < 1.29 is 18.0 Å². The summed E-state index contributed by atoms with van der Waals surface area (Å²) in [4.78, 5) is 16.3. The van der Waals surface area contributed by atoms with Gasteiger partial charge in [-0.1, -0.05) is 41.5 Å². The van der Waals surface area contributed by atoms with Crippen LogP contribution in [0, 0.1) is 0 Å². The second-order valence-corrected chi connectivity index (χ2v) is 18.6. The van der Waals surface area contributed by atoms with Crippen molar-refractivity contribution in [1.82, 2.24) is 9.55 Å². The average Bonchev–Trinajstić information content (AvgIpc) is 3.03. The number of aromatic nitrogens is 2. The Morgan fingerprint density at radius 2 is 1.62 bits per heavy atom. The molecule has 0 amide bonds. The summed E-state index contributed by atoms with van der Waals surface area (Å²) in [7, 11) is -4.06. The number of alkyl halides is 1. The van der Waals surface area contributed by atoms with E-state index in [-0.39, 0.29) is 12.4 Å². The van der Waals surface area contributed by atoms with Crippen LogP contribution in [0.15, 0.2) is 17.1 Å². The minimum Gasteiger partial charge on any atom is -0.414 e. The van der Waals surface area contributed by atoms with Gasteiger partial charge in [-0.2, -0.15) is 4.98 Å². The van der Waals surface area contributed by atoms with Crippen LogP contribution in [0.25, 0.3) is 0 Å². The molecule has 0 radical (unpaired) electrons. The molecule has 7 nitrogen and oxygen atoms in total. The molecule has 1 aliphatic rings. The number of hydrogen-bond acceptors (Lipinski definition) is 6. The first-order chi connectivity index (χ1) is 15.1. The molecule has 0 saturated carbocycles. The monoisotopic (exact) mass is 487 g/mol. The van der Waals surface area contributed by atoms with Crippen molar-refractivity contribution in [2.45, 2.75) is 109 Å². The highest BCUT2D eigenvalue weighted by atomic mass is 28.4. The van der Waals surface area contributed by atoms with Crippen LogP contribution in [0.1, 0.15) is 54.7 Å². The lowest BCUT2D eigenvalue weighted by Crippen LogP contribution is -2.52. The fourth-order valence-corrected chi connectivity index (χ4v) is 10.3. The van der Waals surface area contributed by atoms with Gasteiger partial charge in [0.15, 0.2) is 28.5 Å². The number of nitrogens with two attached hydrogens (primary N) is 1. The third-order valence-electron chi connectivity index (χ3n) is 7.58. The Balaban J connectivity index is 2.44. The standard InChI is InChI=1S/C22H42FN3O4Si2/c1-8-31(9-2,10-3)28-16-17-19(30-32(11-4,12-5)13-6)22(7,23)20(29-17)26-15-14-18(24)25-21(26)27/h14-15,17,19-20H,8-13,16H2,1-7H3,(H2,24,25,27)/t17-,19?,20-,22+/m1/s1.